The van der Waals surface area contributed by atoms with Gasteiger partial charge in [-0.2, -0.15) is 11.3 Å². The molecule has 1 heterocycles. The number of rotatable bonds is 6. The maximum atomic E-state index is 11.7. The van der Waals surface area contributed by atoms with E-state index in [1.165, 1.54) is 0 Å². The minimum Gasteiger partial charge on any atom is -0.484 e. The van der Waals surface area contributed by atoms with Crippen molar-refractivity contribution >= 4 is 23.2 Å². The number of thiophene rings is 1. The minimum atomic E-state index is -0.395. The molecule has 23 heavy (non-hydrogen) atoms. The van der Waals surface area contributed by atoms with Crippen LogP contribution < -0.4 is 15.6 Å². The average Bonchev–Trinajstić information content (AvgIpc) is 3.01. The van der Waals surface area contributed by atoms with E-state index in [9.17, 15) is 9.59 Å². The van der Waals surface area contributed by atoms with E-state index < -0.39 is 5.91 Å². The molecule has 2 aromatic rings. The third kappa shape index (κ3) is 6.12. The monoisotopic (exact) mass is 332 g/mol. The number of carbonyl (C=O) groups excluding carboxylic acids is 2. The quantitative estimate of drug-likeness (QED) is 0.799. The second kappa shape index (κ2) is 8.33. The summed E-state index contributed by atoms with van der Waals surface area (Å²) < 4.78 is 5.42. The summed E-state index contributed by atoms with van der Waals surface area (Å²) in [6.45, 7) is 3.79. The molecular formula is C17H20N2O3S. The predicted octanol–water partition coefficient (Wildman–Crippen LogP) is 2.52. The van der Waals surface area contributed by atoms with Gasteiger partial charge in [0.05, 0.1) is 0 Å². The van der Waals surface area contributed by atoms with Crippen LogP contribution in [0.1, 0.15) is 23.1 Å². The molecule has 0 bridgehead atoms. The molecule has 2 amide bonds. The largest absolute Gasteiger partial charge is 0.484 e. The van der Waals surface area contributed by atoms with Gasteiger partial charge < -0.3 is 4.74 Å². The number of benzene rings is 1. The molecule has 0 saturated carbocycles. The molecule has 0 unspecified atom stereocenters. The Morgan fingerprint density at radius 3 is 2.43 bits per heavy atom. The number of carbonyl (C=O) groups is 2. The number of ether oxygens (including phenoxy) is 1. The molecule has 0 radical (unpaired) electrons. The Hall–Kier alpha value is -2.34. The van der Waals surface area contributed by atoms with Crippen LogP contribution in [0.15, 0.2) is 35.0 Å². The van der Waals surface area contributed by atoms with E-state index in [0.717, 1.165) is 16.7 Å². The van der Waals surface area contributed by atoms with Gasteiger partial charge >= 0.3 is 0 Å². The molecule has 2 N–H and O–H groups in total. The van der Waals surface area contributed by atoms with Crippen molar-refractivity contribution < 1.29 is 14.3 Å². The van der Waals surface area contributed by atoms with E-state index in [0.29, 0.717) is 18.6 Å². The molecule has 6 heteroatoms. The van der Waals surface area contributed by atoms with E-state index in [2.05, 4.69) is 10.9 Å². The fourth-order valence-electron chi connectivity index (χ4n) is 2.10. The Morgan fingerprint density at radius 1 is 1.09 bits per heavy atom. The van der Waals surface area contributed by atoms with Crippen LogP contribution in [0.5, 0.6) is 5.75 Å². The first-order valence-corrected chi connectivity index (χ1v) is 8.27. The summed E-state index contributed by atoms with van der Waals surface area (Å²) in [5.74, 6) is 0.0189. The van der Waals surface area contributed by atoms with Crippen molar-refractivity contribution in [2.45, 2.75) is 26.7 Å². The van der Waals surface area contributed by atoms with Crippen LogP contribution in [0.25, 0.3) is 0 Å². The zero-order valence-corrected chi connectivity index (χ0v) is 14.0. The first-order valence-electron chi connectivity index (χ1n) is 7.33. The summed E-state index contributed by atoms with van der Waals surface area (Å²) in [5, 5.41) is 3.98. The topological polar surface area (TPSA) is 67.4 Å². The second-order valence-corrected chi connectivity index (χ2v) is 6.12. The summed E-state index contributed by atoms with van der Waals surface area (Å²) >= 11 is 1.60. The van der Waals surface area contributed by atoms with Gasteiger partial charge in [-0.3, -0.25) is 20.4 Å². The third-order valence-corrected chi connectivity index (χ3v) is 3.86. The van der Waals surface area contributed by atoms with Gasteiger partial charge in [0.1, 0.15) is 5.75 Å². The fourth-order valence-corrected chi connectivity index (χ4v) is 2.80. The smallest absolute Gasteiger partial charge is 0.276 e. The third-order valence-electron chi connectivity index (χ3n) is 3.13. The van der Waals surface area contributed by atoms with E-state index in [-0.39, 0.29) is 12.5 Å². The maximum Gasteiger partial charge on any atom is 0.276 e. The van der Waals surface area contributed by atoms with Crippen molar-refractivity contribution in [1.29, 1.82) is 0 Å². The lowest BCUT2D eigenvalue weighted by molar-refractivity contribution is -0.130. The molecule has 0 saturated heterocycles. The Morgan fingerprint density at radius 2 is 1.78 bits per heavy atom. The minimum absolute atomic E-state index is 0.145. The molecular weight excluding hydrogens is 312 g/mol. The van der Waals surface area contributed by atoms with Gasteiger partial charge in [0.2, 0.25) is 5.91 Å². The molecule has 0 atom stereocenters. The molecule has 0 aliphatic carbocycles. The highest BCUT2D eigenvalue weighted by atomic mass is 32.1. The van der Waals surface area contributed by atoms with Crippen LogP contribution in [0.4, 0.5) is 0 Å². The number of hydrogen-bond donors (Lipinski definition) is 2. The van der Waals surface area contributed by atoms with Crippen molar-refractivity contribution in [2.75, 3.05) is 6.61 Å². The average molecular weight is 332 g/mol. The molecule has 1 aromatic heterocycles. The van der Waals surface area contributed by atoms with Crippen LogP contribution >= 0.6 is 11.3 Å². The lowest BCUT2D eigenvalue weighted by Crippen LogP contribution is -2.43. The van der Waals surface area contributed by atoms with Gasteiger partial charge in [0.25, 0.3) is 5.91 Å². The van der Waals surface area contributed by atoms with Crippen molar-refractivity contribution in [1.82, 2.24) is 10.9 Å². The van der Waals surface area contributed by atoms with Crippen molar-refractivity contribution in [2.24, 2.45) is 0 Å². The lowest BCUT2D eigenvalue weighted by atomic mass is 10.1. The van der Waals surface area contributed by atoms with Crippen molar-refractivity contribution in [3.8, 4) is 5.75 Å². The van der Waals surface area contributed by atoms with Gasteiger partial charge in [-0.1, -0.05) is 6.07 Å². The number of hydrogen-bond acceptors (Lipinski definition) is 4. The molecule has 1 aromatic carbocycles. The van der Waals surface area contributed by atoms with Gasteiger partial charge in [0, 0.05) is 6.42 Å². The Bertz CT molecular complexity index is 648. The van der Waals surface area contributed by atoms with Crippen LogP contribution in [-0.4, -0.2) is 18.4 Å². The summed E-state index contributed by atoms with van der Waals surface area (Å²) in [7, 11) is 0. The molecule has 5 nitrogen and oxygen atoms in total. The van der Waals surface area contributed by atoms with E-state index >= 15 is 0 Å². The molecule has 0 fully saturated rings. The number of nitrogens with one attached hydrogen (secondary N) is 2. The molecule has 0 aliphatic heterocycles. The van der Waals surface area contributed by atoms with Crippen LogP contribution in [0, 0.1) is 13.8 Å². The Labute approximate surface area is 139 Å². The Balaban J connectivity index is 1.67. The van der Waals surface area contributed by atoms with Crippen molar-refractivity contribution in [3.05, 3.63) is 51.7 Å². The highest BCUT2D eigenvalue weighted by Gasteiger charge is 2.06. The van der Waals surface area contributed by atoms with Crippen LogP contribution in [-0.2, 0) is 16.0 Å². The van der Waals surface area contributed by atoms with E-state index in [1.807, 2.05) is 48.9 Å². The van der Waals surface area contributed by atoms with Crippen LogP contribution in [0.3, 0.4) is 0 Å². The highest BCUT2D eigenvalue weighted by Crippen LogP contribution is 2.15. The number of aryl methyl sites for hydroxylation is 3. The van der Waals surface area contributed by atoms with E-state index in [4.69, 9.17) is 4.74 Å². The van der Waals surface area contributed by atoms with E-state index in [1.54, 1.807) is 11.3 Å². The normalized spacial score (nSPS) is 10.2. The summed E-state index contributed by atoms with van der Waals surface area (Å²) in [5.41, 5.74) is 8.00. The molecule has 122 valence electrons. The first-order chi connectivity index (χ1) is 11.0. The van der Waals surface area contributed by atoms with Crippen molar-refractivity contribution in [3.63, 3.8) is 0 Å². The molecule has 0 aliphatic rings. The zero-order chi connectivity index (χ0) is 16.7. The molecule has 2 rings (SSSR count). The summed E-state index contributed by atoms with van der Waals surface area (Å²) in [6, 6.07) is 7.73. The molecule has 0 spiro atoms. The summed E-state index contributed by atoms with van der Waals surface area (Å²) in [6.07, 6.45) is 0.985. The van der Waals surface area contributed by atoms with Gasteiger partial charge in [0.15, 0.2) is 6.61 Å². The number of amides is 2. The standard InChI is InChI=1S/C17H20N2O3S/c1-12-7-13(2)9-15(8-12)22-10-17(21)19-18-16(20)4-3-14-5-6-23-11-14/h5-9,11H,3-4,10H2,1-2H3,(H,18,20)(H,19,21). The first kappa shape index (κ1) is 17.0. The second-order valence-electron chi connectivity index (χ2n) is 5.34. The van der Waals surface area contributed by atoms with Gasteiger partial charge in [-0.25, -0.2) is 0 Å². The summed E-state index contributed by atoms with van der Waals surface area (Å²) in [4.78, 5) is 23.3. The predicted molar refractivity (Wildman–Crippen MR) is 90.3 cm³/mol. The fraction of sp³-hybridized carbons (Fsp3) is 0.294. The zero-order valence-electron chi connectivity index (χ0n) is 13.2. The SMILES string of the molecule is Cc1cc(C)cc(OCC(=O)NNC(=O)CCc2ccsc2)c1. The maximum absolute atomic E-state index is 11.7. The Kier molecular flexibility index (Phi) is 6.17. The van der Waals surface area contributed by atoms with Gasteiger partial charge in [-0.05, 0) is 65.9 Å². The van der Waals surface area contributed by atoms with Gasteiger partial charge in [-0.15, -0.1) is 0 Å². The number of hydrazine groups is 1. The lowest BCUT2D eigenvalue weighted by Gasteiger charge is -2.09. The highest BCUT2D eigenvalue weighted by molar-refractivity contribution is 7.07. The van der Waals surface area contributed by atoms with Crippen LogP contribution in [0.2, 0.25) is 0 Å².